The third-order valence-corrected chi connectivity index (χ3v) is 4.24. The summed E-state index contributed by atoms with van der Waals surface area (Å²) in [5.74, 6) is -0.976. The monoisotopic (exact) mass is 346 g/mol. The van der Waals surface area contributed by atoms with Crippen LogP contribution in [0, 0.1) is 6.92 Å². The average molecular weight is 346 g/mol. The second kappa shape index (κ2) is 7.72. The molecule has 1 aromatic carbocycles. The summed E-state index contributed by atoms with van der Waals surface area (Å²) in [5, 5.41) is 9.66. The van der Waals surface area contributed by atoms with E-state index in [0.29, 0.717) is 16.9 Å². The van der Waals surface area contributed by atoms with Crippen LogP contribution in [0.3, 0.4) is 0 Å². The van der Waals surface area contributed by atoms with Gasteiger partial charge in [0, 0.05) is 18.4 Å². The molecule has 1 aliphatic rings. The zero-order valence-electron chi connectivity index (χ0n) is 15.5. The van der Waals surface area contributed by atoms with Crippen LogP contribution in [0.15, 0.2) is 17.7 Å². The second-order valence-corrected chi connectivity index (χ2v) is 6.89. The molecule has 0 amide bonds. The van der Waals surface area contributed by atoms with E-state index in [1.54, 1.807) is 13.0 Å². The van der Waals surface area contributed by atoms with Gasteiger partial charge in [0.2, 0.25) is 0 Å². The topological polar surface area (TPSA) is 72.8 Å². The maximum atomic E-state index is 11.8. The number of aromatic carboxylic acids is 1. The van der Waals surface area contributed by atoms with Crippen LogP contribution < -0.4 is 9.47 Å². The number of carbonyl (C=O) groups is 2. The number of allylic oxidation sites excluding steroid dienone is 2. The Morgan fingerprint density at radius 1 is 1.28 bits per heavy atom. The molecule has 2 rings (SSSR count). The lowest BCUT2D eigenvalue weighted by atomic mass is 9.83. The van der Waals surface area contributed by atoms with Crippen molar-refractivity contribution < 1.29 is 24.2 Å². The van der Waals surface area contributed by atoms with Crippen molar-refractivity contribution in [2.24, 2.45) is 0 Å². The van der Waals surface area contributed by atoms with Crippen LogP contribution >= 0.6 is 0 Å². The predicted octanol–water partition coefficient (Wildman–Crippen LogP) is 4.62. The smallest absolute Gasteiger partial charge is 0.339 e. The minimum absolute atomic E-state index is 0.0259. The summed E-state index contributed by atoms with van der Waals surface area (Å²) < 4.78 is 11.4. The van der Waals surface area contributed by atoms with Crippen LogP contribution in [0.2, 0.25) is 0 Å². The van der Waals surface area contributed by atoms with E-state index >= 15 is 0 Å². The molecule has 1 aliphatic carbocycles. The Morgan fingerprint density at radius 2 is 1.96 bits per heavy atom. The van der Waals surface area contributed by atoms with Crippen LogP contribution in [-0.4, -0.2) is 23.1 Å². The van der Waals surface area contributed by atoms with Gasteiger partial charge in [-0.1, -0.05) is 11.6 Å². The molecule has 1 atom stereocenters. The first kappa shape index (κ1) is 19.0. The highest BCUT2D eigenvalue weighted by Crippen LogP contribution is 2.45. The summed E-state index contributed by atoms with van der Waals surface area (Å²) in [6.45, 7) is 8.86. The lowest BCUT2D eigenvalue weighted by molar-refractivity contribution is -0.131. The normalized spacial score (nSPS) is 17.2. The van der Waals surface area contributed by atoms with Crippen LogP contribution in [0.5, 0.6) is 11.5 Å². The first-order chi connectivity index (χ1) is 11.7. The molecule has 0 spiro atoms. The van der Waals surface area contributed by atoms with E-state index in [1.807, 2.05) is 13.8 Å². The molecule has 5 nitrogen and oxygen atoms in total. The van der Waals surface area contributed by atoms with Crippen LogP contribution in [0.25, 0.3) is 0 Å². The molecule has 136 valence electrons. The highest BCUT2D eigenvalue weighted by molar-refractivity contribution is 5.95. The number of carbonyl (C=O) groups excluding carboxylic acids is 1. The fourth-order valence-electron chi connectivity index (χ4n) is 3.33. The molecule has 1 unspecified atom stereocenters. The number of benzene rings is 1. The van der Waals surface area contributed by atoms with Gasteiger partial charge in [0.1, 0.15) is 11.3 Å². The Bertz CT molecular complexity index is 715. The van der Waals surface area contributed by atoms with Gasteiger partial charge >= 0.3 is 11.9 Å². The summed E-state index contributed by atoms with van der Waals surface area (Å²) >= 11 is 0. The van der Waals surface area contributed by atoms with Gasteiger partial charge in [-0.3, -0.25) is 4.79 Å². The highest BCUT2D eigenvalue weighted by Gasteiger charge is 2.29. The van der Waals surface area contributed by atoms with Gasteiger partial charge in [-0.15, -0.1) is 0 Å². The van der Waals surface area contributed by atoms with E-state index in [4.69, 9.17) is 9.47 Å². The molecule has 5 heteroatoms. The van der Waals surface area contributed by atoms with E-state index in [-0.39, 0.29) is 23.3 Å². The first-order valence-electron chi connectivity index (χ1n) is 8.63. The van der Waals surface area contributed by atoms with E-state index in [0.717, 1.165) is 19.3 Å². The van der Waals surface area contributed by atoms with Gasteiger partial charge < -0.3 is 14.6 Å². The van der Waals surface area contributed by atoms with Crippen molar-refractivity contribution in [2.75, 3.05) is 0 Å². The molecule has 0 bridgehead atoms. The standard InChI is InChI=1S/C20H26O5/c1-11(2)24-16-10-13(4)17(20(22)23)19(25-14(5)21)18(16)15-8-6-7-12(3)9-15/h9-11,15H,6-8H2,1-5H3,(H,22,23). The zero-order valence-corrected chi connectivity index (χ0v) is 15.5. The largest absolute Gasteiger partial charge is 0.491 e. The minimum atomic E-state index is -1.11. The van der Waals surface area contributed by atoms with Gasteiger partial charge in [-0.25, -0.2) is 4.79 Å². The first-order valence-corrected chi connectivity index (χ1v) is 8.63. The van der Waals surface area contributed by atoms with Crippen molar-refractivity contribution in [3.8, 4) is 11.5 Å². The number of rotatable bonds is 5. The maximum Gasteiger partial charge on any atom is 0.339 e. The molecule has 0 saturated carbocycles. The molecule has 0 saturated heterocycles. The molecule has 0 aliphatic heterocycles. The number of ether oxygens (including phenoxy) is 2. The summed E-state index contributed by atoms with van der Waals surface area (Å²) in [6.07, 6.45) is 4.94. The number of aryl methyl sites for hydroxylation is 1. The minimum Gasteiger partial charge on any atom is -0.491 e. The average Bonchev–Trinajstić information content (AvgIpc) is 2.45. The van der Waals surface area contributed by atoms with Crippen molar-refractivity contribution in [2.45, 2.75) is 65.9 Å². The fraction of sp³-hybridized carbons (Fsp3) is 0.500. The van der Waals surface area contributed by atoms with E-state index in [1.165, 1.54) is 12.5 Å². The van der Waals surface area contributed by atoms with E-state index in [2.05, 4.69) is 13.0 Å². The van der Waals surface area contributed by atoms with E-state index < -0.39 is 11.9 Å². The highest BCUT2D eigenvalue weighted by atomic mass is 16.5. The van der Waals surface area contributed by atoms with Crippen molar-refractivity contribution in [3.05, 3.63) is 34.4 Å². The number of hydrogen-bond acceptors (Lipinski definition) is 4. The second-order valence-electron chi connectivity index (χ2n) is 6.89. The quantitative estimate of drug-likeness (QED) is 0.478. The van der Waals surface area contributed by atoms with Gasteiger partial charge in [-0.2, -0.15) is 0 Å². The van der Waals surface area contributed by atoms with Crippen molar-refractivity contribution in [1.29, 1.82) is 0 Å². The van der Waals surface area contributed by atoms with Gasteiger partial charge in [-0.05, 0) is 58.6 Å². The fourth-order valence-corrected chi connectivity index (χ4v) is 3.33. The molecule has 0 radical (unpaired) electrons. The number of esters is 1. The zero-order chi connectivity index (χ0) is 18.7. The third-order valence-electron chi connectivity index (χ3n) is 4.24. The molecular weight excluding hydrogens is 320 g/mol. The van der Waals surface area contributed by atoms with Crippen LogP contribution in [0.1, 0.15) is 74.4 Å². The molecule has 0 heterocycles. The van der Waals surface area contributed by atoms with Crippen LogP contribution in [-0.2, 0) is 4.79 Å². The molecule has 1 N–H and O–H groups in total. The summed E-state index contributed by atoms with van der Waals surface area (Å²) in [4.78, 5) is 23.5. The molecular formula is C20H26O5. The predicted molar refractivity (Wildman–Crippen MR) is 95.6 cm³/mol. The van der Waals surface area contributed by atoms with Crippen LogP contribution in [0.4, 0.5) is 0 Å². The Labute approximate surface area is 148 Å². The van der Waals surface area contributed by atoms with Gasteiger partial charge in [0.05, 0.1) is 6.10 Å². The Balaban J connectivity index is 2.76. The van der Waals surface area contributed by atoms with Crippen molar-refractivity contribution in [1.82, 2.24) is 0 Å². The Kier molecular flexibility index (Phi) is 5.88. The SMILES string of the molecule is CC(=O)Oc1c(C(=O)O)c(C)cc(OC(C)C)c1C1C=C(C)CCC1. The lowest BCUT2D eigenvalue weighted by Crippen LogP contribution is -2.17. The Morgan fingerprint density at radius 3 is 2.48 bits per heavy atom. The molecule has 0 aromatic heterocycles. The third kappa shape index (κ3) is 4.41. The number of carboxylic acids is 1. The van der Waals surface area contributed by atoms with Gasteiger partial charge in [0.25, 0.3) is 0 Å². The number of carboxylic acid groups (broad SMARTS) is 1. The lowest BCUT2D eigenvalue weighted by Gasteiger charge is -2.27. The maximum absolute atomic E-state index is 11.8. The Hall–Kier alpha value is -2.30. The summed E-state index contributed by atoms with van der Waals surface area (Å²) in [7, 11) is 0. The molecule has 25 heavy (non-hydrogen) atoms. The van der Waals surface area contributed by atoms with E-state index in [9.17, 15) is 14.7 Å². The summed E-state index contributed by atoms with van der Waals surface area (Å²) in [6, 6.07) is 1.74. The van der Waals surface area contributed by atoms with Crippen molar-refractivity contribution >= 4 is 11.9 Å². The summed E-state index contributed by atoms with van der Waals surface area (Å²) in [5.41, 5.74) is 2.45. The number of hydrogen-bond donors (Lipinski definition) is 1. The van der Waals surface area contributed by atoms with Gasteiger partial charge in [0.15, 0.2) is 5.75 Å². The molecule has 1 aromatic rings. The van der Waals surface area contributed by atoms with Crippen molar-refractivity contribution in [3.63, 3.8) is 0 Å². The molecule has 0 fully saturated rings.